The largest absolute Gasteiger partial charge is 0.375 e. The topological polar surface area (TPSA) is 55.4 Å². The summed E-state index contributed by atoms with van der Waals surface area (Å²) in [6.07, 6.45) is 4.74. The van der Waals surface area contributed by atoms with Crippen molar-refractivity contribution in [1.82, 2.24) is 4.72 Å². The van der Waals surface area contributed by atoms with Crippen LogP contribution in [0.1, 0.15) is 52.4 Å². The van der Waals surface area contributed by atoms with Crippen LogP contribution in [0.15, 0.2) is 0 Å². The lowest BCUT2D eigenvalue weighted by atomic mass is 9.86. The molecule has 1 N–H and O–H groups in total. The van der Waals surface area contributed by atoms with Gasteiger partial charge in [-0.3, -0.25) is 0 Å². The third kappa shape index (κ3) is 5.58. The highest BCUT2D eigenvalue weighted by Gasteiger charge is 2.35. The maximum Gasteiger partial charge on any atom is 0.211 e. The van der Waals surface area contributed by atoms with E-state index in [0.29, 0.717) is 18.9 Å². The minimum Gasteiger partial charge on any atom is -0.375 e. The third-order valence-electron chi connectivity index (χ3n) is 3.92. The van der Waals surface area contributed by atoms with Crippen LogP contribution in [0.4, 0.5) is 0 Å². The highest BCUT2D eigenvalue weighted by molar-refractivity contribution is 7.89. The van der Waals surface area contributed by atoms with E-state index in [1.165, 1.54) is 0 Å². The van der Waals surface area contributed by atoms with Crippen LogP contribution in [0.5, 0.6) is 0 Å². The number of ether oxygens (including phenoxy) is 1. The Morgan fingerprint density at radius 1 is 1.32 bits per heavy atom. The molecular weight excluding hydrogens is 286 g/mol. The second-order valence-corrected chi connectivity index (χ2v) is 7.51. The summed E-state index contributed by atoms with van der Waals surface area (Å²) in [4.78, 5) is 0. The quantitative estimate of drug-likeness (QED) is 0.554. The average Bonchev–Trinajstić information content (AvgIpc) is 2.38. The first-order valence-electron chi connectivity index (χ1n) is 7.17. The Bertz CT molecular complexity index is 355. The molecule has 0 spiro atoms. The Morgan fingerprint density at radius 3 is 2.58 bits per heavy atom. The summed E-state index contributed by atoms with van der Waals surface area (Å²) in [7, 11) is -3.18. The Labute approximate surface area is 122 Å². The molecule has 0 amide bonds. The molecule has 1 saturated heterocycles. The Kier molecular flexibility index (Phi) is 7.08. The first-order valence-corrected chi connectivity index (χ1v) is 9.35. The molecule has 0 saturated carbocycles. The SMILES string of the molecule is CCC1(CC)CC(NS(=O)(=O)CCCCCl)CCO1. The lowest BCUT2D eigenvalue weighted by Gasteiger charge is -2.40. The molecule has 0 aliphatic carbocycles. The standard InChI is InChI=1S/C13H26ClNO3S/c1-3-13(4-2)11-12(7-9-18-13)15-19(16,17)10-6-5-8-14/h12,15H,3-11H2,1-2H3. The number of sulfonamides is 1. The maximum absolute atomic E-state index is 12.0. The zero-order valence-corrected chi connectivity index (χ0v) is 13.5. The van der Waals surface area contributed by atoms with E-state index in [1.54, 1.807) is 0 Å². The molecule has 19 heavy (non-hydrogen) atoms. The van der Waals surface area contributed by atoms with Crippen molar-refractivity contribution in [2.45, 2.75) is 64.0 Å². The minimum absolute atomic E-state index is 0.00894. The van der Waals surface area contributed by atoms with Crippen molar-refractivity contribution in [2.24, 2.45) is 0 Å². The Hall–Kier alpha value is 0.160. The lowest BCUT2D eigenvalue weighted by molar-refractivity contribution is -0.0905. The van der Waals surface area contributed by atoms with Gasteiger partial charge >= 0.3 is 0 Å². The van der Waals surface area contributed by atoms with E-state index in [-0.39, 0.29) is 17.4 Å². The number of alkyl halides is 1. The fraction of sp³-hybridized carbons (Fsp3) is 1.00. The first kappa shape index (κ1) is 17.2. The van der Waals surface area contributed by atoms with Gasteiger partial charge in [0.1, 0.15) is 0 Å². The van der Waals surface area contributed by atoms with E-state index in [0.717, 1.165) is 32.1 Å². The first-order chi connectivity index (χ1) is 8.97. The molecule has 1 atom stereocenters. The second kappa shape index (κ2) is 7.81. The molecule has 114 valence electrons. The van der Waals surface area contributed by atoms with Gasteiger partial charge in [0.25, 0.3) is 0 Å². The second-order valence-electron chi connectivity index (χ2n) is 5.26. The van der Waals surface area contributed by atoms with E-state index in [2.05, 4.69) is 18.6 Å². The summed E-state index contributed by atoms with van der Waals surface area (Å²) in [6.45, 7) is 4.83. The van der Waals surface area contributed by atoms with Crippen LogP contribution in [0, 0.1) is 0 Å². The fourth-order valence-electron chi connectivity index (χ4n) is 2.57. The van der Waals surface area contributed by atoms with E-state index in [1.807, 2.05) is 0 Å². The molecule has 0 aromatic rings. The Balaban J connectivity index is 2.52. The van der Waals surface area contributed by atoms with Crippen LogP contribution in [0.25, 0.3) is 0 Å². The van der Waals surface area contributed by atoms with Gasteiger partial charge in [-0.2, -0.15) is 0 Å². The van der Waals surface area contributed by atoms with Gasteiger partial charge in [-0.05, 0) is 38.5 Å². The molecule has 0 radical (unpaired) electrons. The smallest absolute Gasteiger partial charge is 0.211 e. The van der Waals surface area contributed by atoms with Gasteiger partial charge in [-0.25, -0.2) is 13.1 Å². The fourth-order valence-corrected chi connectivity index (χ4v) is 4.17. The molecule has 4 nitrogen and oxygen atoms in total. The number of hydrogen-bond acceptors (Lipinski definition) is 3. The predicted octanol–water partition coefficient (Wildman–Crippen LogP) is 2.66. The lowest BCUT2D eigenvalue weighted by Crippen LogP contribution is -2.48. The zero-order chi connectivity index (χ0) is 14.4. The number of unbranched alkanes of at least 4 members (excludes halogenated alkanes) is 1. The summed E-state index contributed by atoms with van der Waals surface area (Å²) in [5, 5.41) is 0. The number of nitrogens with one attached hydrogen (secondary N) is 1. The molecular formula is C13H26ClNO3S. The van der Waals surface area contributed by atoms with Crippen molar-refractivity contribution in [2.75, 3.05) is 18.2 Å². The summed E-state index contributed by atoms with van der Waals surface area (Å²) >= 11 is 5.57. The molecule has 0 aromatic heterocycles. The molecule has 1 aliphatic rings. The van der Waals surface area contributed by atoms with Gasteiger partial charge in [-0.15, -0.1) is 11.6 Å². The van der Waals surface area contributed by atoms with E-state index in [4.69, 9.17) is 16.3 Å². The predicted molar refractivity (Wildman–Crippen MR) is 79.2 cm³/mol. The summed E-state index contributed by atoms with van der Waals surface area (Å²) < 4.78 is 32.6. The molecule has 6 heteroatoms. The summed E-state index contributed by atoms with van der Waals surface area (Å²) in [6, 6.07) is 0.00894. The van der Waals surface area contributed by atoms with Crippen molar-refractivity contribution in [3.63, 3.8) is 0 Å². The van der Waals surface area contributed by atoms with Crippen LogP contribution >= 0.6 is 11.6 Å². The van der Waals surface area contributed by atoms with Gasteiger partial charge in [0.15, 0.2) is 0 Å². The van der Waals surface area contributed by atoms with E-state index < -0.39 is 10.0 Å². The van der Waals surface area contributed by atoms with Gasteiger partial charge in [0.05, 0.1) is 11.4 Å². The molecule has 0 aromatic carbocycles. The summed E-state index contributed by atoms with van der Waals surface area (Å²) in [5.74, 6) is 0.684. The minimum atomic E-state index is -3.18. The number of hydrogen-bond donors (Lipinski definition) is 1. The van der Waals surface area contributed by atoms with Crippen molar-refractivity contribution in [1.29, 1.82) is 0 Å². The van der Waals surface area contributed by atoms with E-state index >= 15 is 0 Å². The van der Waals surface area contributed by atoms with Crippen LogP contribution < -0.4 is 4.72 Å². The monoisotopic (exact) mass is 311 g/mol. The van der Waals surface area contributed by atoms with Gasteiger partial charge in [0.2, 0.25) is 10.0 Å². The van der Waals surface area contributed by atoms with Gasteiger partial charge in [-0.1, -0.05) is 13.8 Å². The highest BCUT2D eigenvalue weighted by Crippen LogP contribution is 2.31. The molecule has 1 aliphatic heterocycles. The molecule has 1 unspecified atom stereocenters. The van der Waals surface area contributed by atoms with Crippen LogP contribution in [-0.2, 0) is 14.8 Å². The number of halogens is 1. The molecule has 1 heterocycles. The van der Waals surface area contributed by atoms with Crippen molar-refractivity contribution >= 4 is 21.6 Å². The molecule has 0 bridgehead atoms. The van der Waals surface area contributed by atoms with Crippen LogP contribution in [0.2, 0.25) is 0 Å². The summed E-state index contributed by atoms with van der Waals surface area (Å²) in [5.41, 5.74) is -0.151. The van der Waals surface area contributed by atoms with Crippen molar-refractivity contribution in [3.05, 3.63) is 0 Å². The number of rotatable bonds is 8. The third-order valence-corrected chi connectivity index (χ3v) is 5.71. The van der Waals surface area contributed by atoms with Gasteiger partial charge in [0, 0.05) is 18.5 Å². The van der Waals surface area contributed by atoms with Crippen molar-refractivity contribution in [3.8, 4) is 0 Å². The van der Waals surface area contributed by atoms with Crippen LogP contribution in [-0.4, -0.2) is 38.3 Å². The maximum atomic E-state index is 12.0. The Morgan fingerprint density at radius 2 is 2.00 bits per heavy atom. The van der Waals surface area contributed by atoms with Crippen molar-refractivity contribution < 1.29 is 13.2 Å². The molecule has 1 rings (SSSR count). The average molecular weight is 312 g/mol. The van der Waals surface area contributed by atoms with Gasteiger partial charge < -0.3 is 4.74 Å². The highest BCUT2D eigenvalue weighted by atomic mass is 35.5. The molecule has 1 fully saturated rings. The van der Waals surface area contributed by atoms with Crippen LogP contribution in [0.3, 0.4) is 0 Å². The van der Waals surface area contributed by atoms with E-state index in [9.17, 15) is 8.42 Å². The zero-order valence-electron chi connectivity index (χ0n) is 12.0. The normalized spacial score (nSPS) is 23.4.